The zero-order valence-corrected chi connectivity index (χ0v) is 24.1. The summed E-state index contributed by atoms with van der Waals surface area (Å²) in [6, 6.07) is 48.9. The maximum absolute atomic E-state index is 3.99. The number of fused-ring (bicyclic) bond motifs is 3. The maximum atomic E-state index is 3.99. The molecule has 7 rings (SSSR count). The van der Waals surface area contributed by atoms with E-state index in [1.54, 1.807) is 0 Å². The van der Waals surface area contributed by atoms with Gasteiger partial charge in [-0.1, -0.05) is 140 Å². The summed E-state index contributed by atoms with van der Waals surface area (Å²) in [5, 5.41) is 7.63. The van der Waals surface area contributed by atoms with E-state index in [0.29, 0.717) is 0 Å². The molecule has 0 spiro atoms. The highest BCUT2D eigenvalue weighted by Gasteiger charge is 2.17. The third-order valence-electron chi connectivity index (χ3n) is 8.52. The Morgan fingerprint density at radius 2 is 1.10 bits per heavy atom. The summed E-state index contributed by atoms with van der Waals surface area (Å²) in [4.78, 5) is 0. The highest BCUT2D eigenvalue weighted by molar-refractivity contribution is 6.21. The molecule has 0 heterocycles. The lowest BCUT2D eigenvalue weighted by Gasteiger charge is -2.19. The predicted octanol–water partition coefficient (Wildman–Crippen LogP) is 12.0. The smallest absolute Gasteiger partial charge is 0.00262 e. The van der Waals surface area contributed by atoms with Gasteiger partial charge < -0.3 is 0 Å². The Bertz CT molecular complexity index is 2120. The zero-order chi connectivity index (χ0) is 28.6. The number of rotatable bonds is 5. The van der Waals surface area contributed by atoms with Gasteiger partial charge in [-0.05, 0) is 108 Å². The van der Waals surface area contributed by atoms with Gasteiger partial charge in [0.15, 0.2) is 0 Å². The van der Waals surface area contributed by atoms with Crippen molar-refractivity contribution in [3.8, 4) is 33.4 Å². The van der Waals surface area contributed by atoms with Gasteiger partial charge >= 0.3 is 0 Å². The van der Waals surface area contributed by atoms with Crippen molar-refractivity contribution in [2.45, 2.75) is 13.8 Å². The van der Waals surface area contributed by atoms with Crippen molar-refractivity contribution < 1.29 is 0 Å². The van der Waals surface area contributed by atoms with Crippen LogP contribution in [0.3, 0.4) is 0 Å². The summed E-state index contributed by atoms with van der Waals surface area (Å²) in [5.41, 5.74) is 11.1. The van der Waals surface area contributed by atoms with Gasteiger partial charge in [0.2, 0.25) is 0 Å². The molecule has 0 aliphatic carbocycles. The first-order valence-corrected chi connectivity index (χ1v) is 14.6. The second-order valence-electron chi connectivity index (χ2n) is 11.0. The molecule has 0 fully saturated rings. The first-order chi connectivity index (χ1) is 20.7. The lowest BCUT2D eigenvalue weighted by atomic mass is 9.84. The number of aryl methyl sites for hydroxylation is 1. The van der Waals surface area contributed by atoms with Crippen LogP contribution in [0, 0.1) is 6.92 Å². The van der Waals surface area contributed by atoms with E-state index in [1.165, 1.54) is 76.8 Å². The predicted molar refractivity (Wildman–Crippen MR) is 184 cm³/mol. The minimum absolute atomic E-state index is 1.15. The highest BCUT2D eigenvalue weighted by atomic mass is 14.2. The number of benzene rings is 7. The second kappa shape index (κ2) is 10.7. The minimum Gasteiger partial charge on any atom is -0.0985 e. The molecular weight excluding hydrogens is 504 g/mol. The highest BCUT2D eigenvalue weighted by Crippen LogP contribution is 2.44. The Labute approximate surface area is 247 Å². The Morgan fingerprint density at radius 3 is 1.69 bits per heavy atom. The summed E-state index contributed by atoms with van der Waals surface area (Å²) >= 11 is 0. The van der Waals surface area contributed by atoms with Crippen LogP contribution >= 0.6 is 0 Å². The van der Waals surface area contributed by atoms with Crippen LogP contribution in [-0.4, -0.2) is 0 Å². The summed E-state index contributed by atoms with van der Waals surface area (Å²) in [7, 11) is 0. The summed E-state index contributed by atoms with van der Waals surface area (Å²) in [5.74, 6) is 0. The molecule has 0 amide bonds. The van der Waals surface area contributed by atoms with Crippen molar-refractivity contribution in [3.63, 3.8) is 0 Å². The van der Waals surface area contributed by atoms with Gasteiger partial charge in [-0.25, -0.2) is 0 Å². The van der Waals surface area contributed by atoms with E-state index in [1.807, 2.05) is 6.08 Å². The average molecular weight is 537 g/mol. The molecule has 0 bridgehead atoms. The molecule has 0 nitrogen and oxygen atoms in total. The molecule has 0 aliphatic rings. The van der Waals surface area contributed by atoms with Gasteiger partial charge in [0.1, 0.15) is 0 Å². The fourth-order valence-corrected chi connectivity index (χ4v) is 6.51. The van der Waals surface area contributed by atoms with E-state index in [4.69, 9.17) is 0 Å². The molecule has 0 saturated carbocycles. The van der Waals surface area contributed by atoms with Gasteiger partial charge in [-0.2, -0.15) is 0 Å². The number of allylic oxidation sites excluding steroid dienone is 3. The summed E-state index contributed by atoms with van der Waals surface area (Å²) in [6.07, 6.45) is 4.03. The molecule has 0 heteroatoms. The molecule has 0 N–H and O–H groups in total. The van der Waals surface area contributed by atoms with Crippen LogP contribution in [0.2, 0.25) is 0 Å². The Kier molecular flexibility index (Phi) is 6.53. The SMILES string of the molecule is C=C/C(=C\C)c1cccc(-c2ccc(-c3c4ccccc4c(-c4ccc5ccccc5c4)c4ccccc34)cc2C)c1. The molecular formula is C42H32. The van der Waals surface area contributed by atoms with E-state index in [2.05, 4.69) is 160 Å². The fourth-order valence-electron chi connectivity index (χ4n) is 6.51. The van der Waals surface area contributed by atoms with Gasteiger partial charge in [0.25, 0.3) is 0 Å². The van der Waals surface area contributed by atoms with Crippen LogP contribution in [0.25, 0.3) is 71.3 Å². The topological polar surface area (TPSA) is 0 Å². The number of hydrogen-bond acceptors (Lipinski definition) is 0. The monoisotopic (exact) mass is 536 g/mol. The Balaban J connectivity index is 1.44. The van der Waals surface area contributed by atoms with Crippen molar-refractivity contribution in [3.05, 3.63) is 163 Å². The molecule has 0 radical (unpaired) electrons. The molecule has 0 aliphatic heterocycles. The van der Waals surface area contributed by atoms with Gasteiger partial charge in [-0.15, -0.1) is 0 Å². The van der Waals surface area contributed by atoms with Crippen LogP contribution < -0.4 is 0 Å². The summed E-state index contributed by atoms with van der Waals surface area (Å²) < 4.78 is 0. The van der Waals surface area contributed by atoms with E-state index >= 15 is 0 Å². The summed E-state index contributed by atoms with van der Waals surface area (Å²) in [6.45, 7) is 8.28. The van der Waals surface area contributed by atoms with Crippen molar-refractivity contribution in [2.75, 3.05) is 0 Å². The normalized spacial score (nSPS) is 11.8. The fraction of sp³-hybridized carbons (Fsp3) is 0.0476. The molecule has 200 valence electrons. The molecule has 0 aromatic heterocycles. The van der Waals surface area contributed by atoms with E-state index in [-0.39, 0.29) is 0 Å². The van der Waals surface area contributed by atoms with Crippen LogP contribution in [0.15, 0.2) is 152 Å². The first-order valence-electron chi connectivity index (χ1n) is 14.6. The quantitative estimate of drug-likeness (QED) is 0.152. The molecule has 7 aromatic rings. The van der Waals surface area contributed by atoms with Crippen LogP contribution in [0.4, 0.5) is 0 Å². The Hall–Kier alpha value is -5.20. The van der Waals surface area contributed by atoms with Crippen LogP contribution in [0.5, 0.6) is 0 Å². The third kappa shape index (κ3) is 4.33. The standard InChI is InChI=1S/C42H32/c1-4-29(5-2)31-15-12-16-33(26-31)36-24-23-34(25-28(36)3)41-37-17-8-10-19-39(37)42(40-20-11-9-18-38(40)41)35-22-21-30-13-6-7-14-32(30)27-35/h4-27H,1H2,2-3H3/b29-5+. The molecule has 0 unspecified atom stereocenters. The van der Waals surface area contributed by atoms with Crippen molar-refractivity contribution >= 4 is 37.9 Å². The Morgan fingerprint density at radius 1 is 0.524 bits per heavy atom. The van der Waals surface area contributed by atoms with Gasteiger partial charge in [-0.3, -0.25) is 0 Å². The molecule has 0 atom stereocenters. The van der Waals surface area contributed by atoms with Crippen LogP contribution in [-0.2, 0) is 0 Å². The van der Waals surface area contributed by atoms with Crippen molar-refractivity contribution in [2.24, 2.45) is 0 Å². The van der Waals surface area contributed by atoms with E-state index in [9.17, 15) is 0 Å². The zero-order valence-electron chi connectivity index (χ0n) is 24.1. The van der Waals surface area contributed by atoms with E-state index < -0.39 is 0 Å². The lowest BCUT2D eigenvalue weighted by molar-refractivity contribution is 1.45. The van der Waals surface area contributed by atoms with Gasteiger partial charge in [0.05, 0.1) is 0 Å². The molecule has 42 heavy (non-hydrogen) atoms. The van der Waals surface area contributed by atoms with Crippen molar-refractivity contribution in [1.29, 1.82) is 0 Å². The molecule has 0 saturated heterocycles. The maximum Gasteiger partial charge on any atom is -0.00262 e. The van der Waals surface area contributed by atoms with E-state index in [0.717, 1.165) is 5.57 Å². The lowest BCUT2D eigenvalue weighted by Crippen LogP contribution is -1.92. The third-order valence-corrected chi connectivity index (χ3v) is 8.52. The largest absolute Gasteiger partial charge is 0.0985 e. The minimum atomic E-state index is 1.15. The first kappa shape index (κ1) is 25.7. The average Bonchev–Trinajstić information content (AvgIpc) is 3.04. The second-order valence-corrected chi connectivity index (χ2v) is 11.0. The van der Waals surface area contributed by atoms with Crippen molar-refractivity contribution in [1.82, 2.24) is 0 Å². The van der Waals surface area contributed by atoms with Gasteiger partial charge in [0, 0.05) is 0 Å². The van der Waals surface area contributed by atoms with Crippen LogP contribution in [0.1, 0.15) is 18.1 Å². The number of hydrogen-bond donors (Lipinski definition) is 0. The molecule has 7 aromatic carbocycles.